The average molecular weight is 280 g/mol. The Balaban J connectivity index is 2.40. The molecule has 0 saturated heterocycles. The number of ether oxygens (including phenoxy) is 2. The molecule has 0 spiro atoms. The zero-order chi connectivity index (χ0) is 14.8. The number of carbonyl (C=O) groups is 2. The SMILES string of the molecule is CCNC(=O)COc1ccc(NC(=O)COCC)cc1. The zero-order valence-electron chi connectivity index (χ0n) is 11.8. The van der Waals surface area contributed by atoms with Crippen molar-refractivity contribution >= 4 is 17.5 Å². The van der Waals surface area contributed by atoms with E-state index in [1.807, 2.05) is 13.8 Å². The Bertz CT molecular complexity index is 431. The molecule has 1 aromatic carbocycles. The van der Waals surface area contributed by atoms with E-state index in [9.17, 15) is 9.59 Å². The molecule has 0 fully saturated rings. The van der Waals surface area contributed by atoms with Crippen LogP contribution in [0.25, 0.3) is 0 Å². The molecule has 6 heteroatoms. The number of rotatable bonds is 8. The Hall–Kier alpha value is -2.08. The van der Waals surface area contributed by atoms with Crippen molar-refractivity contribution in [3.05, 3.63) is 24.3 Å². The molecule has 0 aromatic heterocycles. The summed E-state index contributed by atoms with van der Waals surface area (Å²) in [5.41, 5.74) is 0.653. The third-order valence-corrected chi connectivity index (χ3v) is 2.32. The molecule has 0 bridgehead atoms. The Morgan fingerprint density at radius 2 is 1.75 bits per heavy atom. The fourth-order valence-corrected chi connectivity index (χ4v) is 1.42. The molecule has 20 heavy (non-hydrogen) atoms. The van der Waals surface area contributed by atoms with Crippen LogP contribution < -0.4 is 15.4 Å². The highest BCUT2D eigenvalue weighted by Crippen LogP contribution is 2.15. The maximum Gasteiger partial charge on any atom is 0.257 e. The highest BCUT2D eigenvalue weighted by atomic mass is 16.5. The minimum absolute atomic E-state index is 0.0239. The molecule has 1 aromatic rings. The molecule has 0 aliphatic heterocycles. The lowest BCUT2D eigenvalue weighted by molar-refractivity contribution is -0.123. The highest BCUT2D eigenvalue weighted by molar-refractivity contribution is 5.91. The second kappa shape index (κ2) is 8.92. The van der Waals surface area contributed by atoms with E-state index >= 15 is 0 Å². The normalized spacial score (nSPS) is 9.90. The zero-order valence-corrected chi connectivity index (χ0v) is 11.8. The van der Waals surface area contributed by atoms with E-state index in [4.69, 9.17) is 9.47 Å². The smallest absolute Gasteiger partial charge is 0.257 e. The lowest BCUT2D eigenvalue weighted by Gasteiger charge is -2.08. The standard InChI is InChI=1S/C14H20N2O4/c1-3-15-13(17)10-20-12-7-5-11(6-8-12)16-14(18)9-19-4-2/h5-8H,3-4,9-10H2,1-2H3,(H,15,17)(H,16,18). The summed E-state index contributed by atoms with van der Waals surface area (Å²) in [6, 6.07) is 6.79. The minimum atomic E-state index is -0.206. The largest absolute Gasteiger partial charge is 0.484 e. The quantitative estimate of drug-likeness (QED) is 0.749. The fraction of sp³-hybridized carbons (Fsp3) is 0.429. The van der Waals surface area contributed by atoms with Gasteiger partial charge in [0.15, 0.2) is 6.61 Å². The summed E-state index contributed by atoms with van der Waals surface area (Å²) in [5, 5.41) is 5.33. The van der Waals surface area contributed by atoms with Crippen LogP contribution in [0.1, 0.15) is 13.8 Å². The molecule has 110 valence electrons. The first-order valence-electron chi connectivity index (χ1n) is 6.52. The van der Waals surface area contributed by atoms with Crippen LogP contribution >= 0.6 is 0 Å². The summed E-state index contributed by atoms with van der Waals surface area (Å²) in [7, 11) is 0. The molecule has 2 amide bonds. The van der Waals surface area contributed by atoms with E-state index in [0.29, 0.717) is 24.6 Å². The predicted octanol–water partition coefficient (Wildman–Crippen LogP) is 1.18. The predicted molar refractivity (Wildman–Crippen MR) is 75.7 cm³/mol. The molecular weight excluding hydrogens is 260 g/mol. The molecule has 0 aliphatic rings. The Morgan fingerprint density at radius 3 is 2.35 bits per heavy atom. The number of anilines is 1. The van der Waals surface area contributed by atoms with Crippen LogP contribution in [0.5, 0.6) is 5.75 Å². The monoisotopic (exact) mass is 280 g/mol. The number of amides is 2. The van der Waals surface area contributed by atoms with Gasteiger partial charge < -0.3 is 20.1 Å². The summed E-state index contributed by atoms with van der Waals surface area (Å²) in [5.74, 6) is 0.198. The van der Waals surface area contributed by atoms with Gasteiger partial charge in [-0.1, -0.05) is 0 Å². The molecule has 1 rings (SSSR count). The van der Waals surface area contributed by atoms with Crippen LogP contribution in [-0.4, -0.2) is 38.2 Å². The van der Waals surface area contributed by atoms with Gasteiger partial charge in [-0.05, 0) is 38.1 Å². The third kappa shape index (κ3) is 6.19. The number of carbonyl (C=O) groups excluding carboxylic acids is 2. The van der Waals surface area contributed by atoms with E-state index in [1.54, 1.807) is 24.3 Å². The van der Waals surface area contributed by atoms with Crippen LogP contribution in [0.2, 0.25) is 0 Å². The van der Waals surface area contributed by atoms with Crippen molar-refractivity contribution in [1.82, 2.24) is 5.32 Å². The second-order valence-corrected chi connectivity index (χ2v) is 3.95. The van der Waals surface area contributed by atoms with E-state index in [-0.39, 0.29) is 25.0 Å². The topological polar surface area (TPSA) is 76.7 Å². The van der Waals surface area contributed by atoms with Crippen LogP contribution in [0, 0.1) is 0 Å². The summed E-state index contributed by atoms with van der Waals surface area (Å²) in [6.07, 6.45) is 0. The maximum atomic E-state index is 11.4. The molecule has 0 heterocycles. The van der Waals surface area contributed by atoms with Crippen molar-refractivity contribution in [3.63, 3.8) is 0 Å². The Morgan fingerprint density at radius 1 is 1.05 bits per heavy atom. The number of hydrogen-bond acceptors (Lipinski definition) is 4. The number of benzene rings is 1. The van der Waals surface area contributed by atoms with Crippen molar-refractivity contribution in [2.75, 3.05) is 31.7 Å². The van der Waals surface area contributed by atoms with Crippen molar-refractivity contribution < 1.29 is 19.1 Å². The first-order valence-corrected chi connectivity index (χ1v) is 6.52. The molecular formula is C14H20N2O4. The van der Waals surface area contributed by atoms with Crippen LogP contribution in [0.4, 0.5) is 5.69 Å². The number of likely N-dealkylation sites (N-methyl/N-ethyl adjacent to an activating group) is 1. The summed E-state index contributed by atoms with van der Waals surface area (Å²) < 4.78 is 10.3. The second-order valence-electron chi connectivity index (χ2n) is 3.95. The van der Waals surface area contributed by atoms with E-state index in [1.165, 1.54) is 0 Å². The molecule has 0 saturated carbocycles. The molecule has 0 aliphatic carbocycles. The number of hydrogen-bond donors (Lipinski definition) is 2. The average Bonchev–Trinajstić information content (AvgIpc) is 2.45. The summed E-state index contributed by atoms with van der Waals surface area (Å²) in [4.78, 5) is 22.6. The molecule has 0 unspecified atom stereocenters. The maximum absolute atomic E-state index is 11.4. The number of nitrogens with one attached hydrogen (secondary N) is 2. The van der Waals surface area contributed by atoms with Gasteiger partial charge >= 0.3 is 0 Å². The lowest BCUT2D eigenvalue weighted by Crippen LogP contribution is -2.28. The van der Waals surface area contributed by atoms with E-state index in [0.717, 1.165) is 0 Å². The van der Waals surface area contributed by atoms with Crippen molar-refractivity contribution in [2.24, 2.45) is 0 Å². The Kier molecular flexibility index (Phi) is 7.13. The van der Waals surface area contributed by atoms with Crippen molar-refractivity contribution in [1.29, 1.82) is 0 Å². The van der Waals surface area contributed by atoms with Gasteiger partial charge in [0.25, 0.3) is 5.91 Å². The van der Waals surface area contributed by atoms with Crippen LogP contribution in [0.3, 0.4) is 0 Å². The van der Waals surface area contributed by atoms with E-state index in [2.05, 4.69) is 10.6 Å². The van der Waals surface area contributed by atoms with E-state index < -0.39 is 0 Å². The summed E-state index contributed by atoms with van der Waals surface area (Å²) >= 11 is 0. The molecule has 0 atom stereocenters. The molecule has 2 N–H and O–H groups in total. The minimum Gasteiger partial charge on any atom is -0.484 e. The van der Waals surface area contributed by atoms with Gasteiger partial charge in [-0.25, -0.2) is 0 Å². The van der Waals surface area contributed by atoms with Crippen molar-refractivity contribution in [3.8, 4) is 5.75 Å². The molecule has 6 nitrogen and oxygen atoms in total. The first kappa shape index (κ1) is 16.0. The fourth-order valence-electron chi connectivity index (χ4n) is 1.42. The van der Waals surface area contributed by atoms with Gasteiger partial charge in [-0.15, -0.1) is 0 Å². The van der Waals surface area contributed by atoms with Crippen LogP contribution in [-0.2, 0) is 14.3 Å². The Labute approximate surface area is 118 Å². The lowest BCUT2D eigenvalue weighted by atomic mass is 10.3. The van der Waals surface area contributed by atoms with Crippen LogP contribution in [0.15, 0.2) is 24.3 Å². The first-order chi connectivity index (χ1) is 9.65. The van der Waals surface area contributed by atoms with Gasteiger partial charge in [0.2, 0.25) is 5.91 Å². The van der Waals surface area contributed by atoms with Gasteiger partial charge in [-0.3, -0.25) is 9.59 Å². The summed E-state index contributed by atoms with van der Waals surface area (Å²) in [6.45, 7) is 4.76. The van der Waals surface area contributed by atoms with Gasteiger partial charge in [0.05, 0.1) is 0 Å². The van der Waals surface area contributed by atoms with Gasteiger partial charge in [0, 0.05) is 18.8 Å². The highest BCUT2D eigenvalue weighted by Gasteiger charge is 2.03. The van der Waals surface area contributed by atoms with Crippen molar-refractivity contribution in [2.45, 2.75) is 13.8 Å². The molecule has 0 radical (unpaired) electrons. The third-order valence-electron chi connectivity index (χ3n) is 2.32. The van der Waals surface area contributed by atoms with Gasteiger partial charge in [-0.2, -0.15) is 0 Å². The van der Waals surface area contributed by atoms with Gasteiger partial charge in [0.1, 0.15) is 12.4 Å².